The van der Waals surface area contributed by atoms with E-state index < -0.39 is 10.0 Å². The van der Waals surface area contributed by atoms with Gasteiger partial charge in [0.15, 0.2) is 5.65 Å². The molecule has 0 radical (unpaired) electrons. The zero-order valence-electron chi connectivity index (χ0n) is 10.1. The van der Waals surface area contributed by atoms with Crippen LogP contribution >= 0.6 is 15.9 Å². The molecule has 0 aliphatic rings. The van der Waals surface area contributed by atoms with Gasteiger partial charge in [-0.1, -0.05) is 18.2 Å². The van der Waals surface area contributed by atoms with E-state index in [1.54, 1.807) is 34.9 Å². The van der Waals surface area contributed by atoms with Crippen molar-refractivity contribution in [2.45, 2.75) is 4.90 Å². The Bertz CT molecular complexity index is 862. The molecule has 0 aliphatic carbocycles. The Morgan fingerprint density at radius 3 is 2.70 bits per heavy atom. The van der Waals surface area contributed by atoms with Crippen molar-refractivity contribution in [2.75, 3.05) is 4.72 Å². The summed E-state index contributed by atoms with van der Waals surface area (Å²) in [5, 5.41) is 7.67. The molecule has 0 aliphatic heterocycles. The summed E-state index contributed by atoms with van der Waals surface area (Å²) in [6, 6.07) is 9.80. The van der Waals surface area contributed by atoms with Crippen molar-refractivity contribution in [1.29, 1.82) is 0 Å². The quantitative estimate of drug-likeness (QED) is 0.784. The van der Waals surface area contributed by atoms with Crippen LogP contribution in [-0.2, 0) is 10.0 Å². The molecule has 2 heterocycles. The number of nitrogens with one attached hydrogen (secondary N) is 1. The minimum Gasteiger partial charge on any atom is -0.286 e. The molecule has 0 saturated carbocycles. The Morgan fingerprint density at radius 1 is 1.20 bits per heavy atom. The largest absolute Gasteiger partial charge is 0.286 e. The van der Waals surface area contributed by atoms with Crippen molar-refractivity contribution in [1.82, 2.24) is 14.6 Å². The Morgan fingerprint density at radius 2 is 1.95 bits per heavy atom. The van der Waals surface area contributed by atoms with Crippen LogP contribution in [0.2, 0.25) is 0 Å². The first-order valence-corrected chi connectivity index (χ1v) is 7.91. The second kappa shape index (κ2) is 4.88. The highest BCUT2D eigenvalue weighted by Gasteiger charge is 2.16. The smallest absolute Gasteiger partial charge is 0.262 e. The summed E-state index contributed by atoms with van der Waals surface area (Å²) in [4.78, 5) is 0.192. The molecule has 6 nitrogen and oxygen atoms in total. The van der Waals surface area contributed by atoms with Crippen LogP contribution < -0.4 is 4.72 Å². The summed E-state index contributed by atoms with van der Waals surface area (Å²) in [7, 11) is -3.65. The van der Waals surface area contributed by atoms with Gasteiger partial charge in [-0.05, 0) is 34.1 Å². The topological polar surface area (TPSA) is 76.4 Å². The summed E-state index contributed by atoms with van der Waals surface area (Å²) in [6.07, 6.45) is 3.25. The first kappa shape index (κ1) is 13.1. The summed E-state index contributed by atoms with van der Waals surface area (Å²) >= 11 is 3.32. The average molecular weight is 353 g/mol. The maximum atomic E-state index is 12.3. The van der Waals surface area contributed by atoms with Gasteiger partial charge in [0.1, 0.15) is 6.33 Å². The molecule has 0 atom stereocenters. The molecular formula is C12H9BrN4O2S. The highest BCUT2D eigenvalue weighted by molar-refractivity contribution is 9.10. The van der Waals surface area contributed by atoms with E-state index in [2.05, 4.69) is 30.8 Å². The third-order valence-electron chi connectivity index (χ3n) is 2.66. The van der Waals surface area contributed by atoms with Gasteiger partial charge in [-0.3, -0.25) is 9.12 Å². The molecule has 20 heavy (non-hydrogen) atoms. The van der Waals surface area contributed by atoms with Crippen molar-refractivity contribution < 1.29 is 8.42 Å². The third kappa shape index (κ3) is 2.39. The number of aromatic nitrogens is 3. The highest BCUT2D eigenvalue weighted by Crippen LogP contribution is 2.23. The molecule has 1 aromatic carbocycles. The minimum absolute atomic E-state index is 0.192. The molecule has 0 unspecified atom stereocenters. The molecule has 0 fully saturated rings. The summed E-state index contributed by atoms with van der Waals surface area (Å²) in [5.41, 5.74) is 0.799. The molecule has 102 valence electrons. The Balaban J connectivity index is 2.07. The normalized spacial score (nSPS) is 11.7. The lowest BCUT2D eigenvalue weighted by Gasteiger charge is -2.09. The molecule has 0 saturated heterocycles. The maximum Gasteiger partial charge on any atom is 0.262 e. The highest BCUT2D eigenvalue weighted by atomic mass is 79.9. The predicted octanol–water partition coefficient (Wildman–Crippen LogP) is 2.29. The van der Waals surface area contributed by atoms with E-state index in [0.29, 0.717) is 11.3 Å². The van der Waals surface area contributed by atoms with E-state index in [9.17, 15) is 8.42 Å². The number of benzene rings is 1. The molecule has 0 bridgehead atoms. The van der Waals surface area contributed by atoms with Gasteiger partial charge in [0, 0.05) is 10.7 Å². The molecule has 3 aromatic rings. The number of sulfonamides is 1. The lowest BCUT2D eigenvalue weighted by atomic mass is 10.4. The molecule has 0 spiro atoms. The van der Waals surface area contributed by atoms with E-state index in [-0.39, 0.29) is 4.90 Å². The zero-order chi connectivity index (χ0) is 14.2. The predicted molar refractivity (Wildman–Crippen MR) is 77.9 cm³/mol. The number of rotatable bonds is 3. The molecule has 0 amide bonds. The van der Waals surface area contributed by atoms with Gasteiger partial charge in [0.25, 0.3) is 10.0 Å². The molecule has 2 aromatic heterocycles. The minimum atomic E-state index is -3.65. The SMILES string of the molecule is O=S(=O)(Nc1cc(Br)cn2cnnc12)c1ccccc1. The van der Waals surface area contributed by atoms with Crippen LogP contribution in [0, 0.1) is 0 Å². The van der Waals surface area contributed by atoms with Crippen LogP contribution in [0.4, 0.5) is 5.69 Å². The van der Waals surface area contributed by atoms with Crippen LogP contribution in [-0.4, -0.2) is 23.0 Å². The van der Waals surface area contributed by atoms with Crippen LogP contribution in [0.15, 0.2) is 58.3 Å². The number of nitrogens with zero attached hydrogens (tertiary/aromatic N) is 3. The summed E-state index contributed by atoms with van der Waals surface area (Å²) in [6.45, 7) is 0. The van der Waals surface area contributed by atoms with Gasteiger partial charge in [0.05, 0.1) is 10.6 Å². The number of anilines is 1. The maximum absolute atomic E-state index is 12.3. The van der Waals surface area contributed by atoms with Gasteiger partial charge >= 0.3 is 0 Å². The number of pyridine rings is 1. The van der Waals surface area contributed by atoms with Gasteiger partial charge < -0.3 is 0 Å². The average Bonchev–Trinajstić information content (AvgIpc) is 2.87. The number of halogens is 1. The van der Waals surface area contributed by atoms with Crippen LogP contribution in [0.5, 0.6) is 0 Å². The second-order valence-corrected chi connectivity index (χ2v) is 6.65. The molecule has 1 N–H and O–H groups in total. The van der Waals surface area contributed by atoms with Gasteiger partial charge in [-0.15, -0.1) is 10.2 Å². The molecule has 3 rings (SSSR count). The van der Waals surface area contributed by atoms with Crippen LogP contribution in [0.3, 0.4) is 0 Å². The zero-order valence-corrected chi connectivity index (χ0v) is 12.5. The Kier molecular flexibility index (Phi) is 3.19. The number of fused-ring (bicyclic) bond motifs is 1. The van der Waals surface area contributed by atoms with Gasteiger partial charge in [0.2, 0.25) is 0 Å². The summed E-state index contributed by atoms with van der Waals surface area (Å²) < 4.78 is 29.5. The van der Waals surface area contributed by atoms with Crippen LogP contribution in [0.25, 0.3) is 5.65 Å². The monoisotopic (exact) mass is 352 g/mol. The van der Waals surface area contributed by atoms with E-state index in [1.807, 2.05) is 0 Å². The van der Waals surface area contributed by atoms with Crippen molar-refractivity contribution >= 4 is 37.3 Å². The first-order chi connectivity index (χ1) is 9.56. The third-order valence-corrected chi connectivity index (χ3v) is 4.47. The number of hydrogen-bond donors (Lipinski definition) is 1. The fourth-order valence-corrected chi connectivity index (χ4v) is 3.30. The van der Waals surface area contributed by atoms with Crippen molar-refractivity contribution in [3.8, 4) is 0 Å². The van der Waals surface area contributed by atoms with E-state index >= 15 is 0 Å². The fraction of sp³-hybridized carbons (Fsp3) is 0. The first-order valence-electron chi connectivity index (χ1n) is 5.63. The summed E-state index contributed by atoms with van der Waals surface area (Å²) in [5.74, 6) is 0. The standard InChI is InChI=1S/C12H9BrN4O2S/c13-9-6-11(12-15-14-8-17(12)7-9)16-20(18,19)10-4-2-1-3-5-10/h1-8,16H. The lowest BCUT2D eigenvalue weighted by Crippen LogP contribution is -2.13. The van der Waals surface area contributed by atoms with Crippen molar-refractivity contribution in [2.24, 2.45) is 0 Å². The van der Waals surface area contributed by atoms with E-state index in [0.717, 1.165) is 4.47 Å². The van der Waals surface area contributed by atoms with Gasteiger partial charge in [-0.2, -0.15) is 0 Å². The Labute approximate surface area is 123 Å². The fourth-order valence-electron chi connectivity index (χ4n) is 1.78. The Hall–Kier alpha value is -1.93. The van der Waals surface area contributed by atoms with Crippen molar-refractivity contribution in [3.05, 3.63) is 53.4 Å². The van der Waals surface area contributed by atoms with Gasteiger partial charge in [-0.25, -0.2) is 8.42 Å². The second-order valence-electron chi connectivity index (χ2n) is 4.05. The van der Waals surface area contributed by atoms with Crippen molar-refractivity contribution in [3.63, 3.8) is 0 Å². The molecule has 8 heteroatoms. The van der Waals surface area contributed by atoms with E-state index in [4.69, 9.17) is 0 Å². The van der Waals surface area contributed by atoms with E-state index in [1.165, 1.54) is 18.5 Å². The van der Waals surface area contributed by atoms with Crippen LogP contribution in [0.1, 0.15) is 0 Å². The molecular weight excluding hydrogens is 344 g/mol. The lowest BCUT2D eigenvalue weighted by molar-refractivity contribution is 0.601. The number of hydrogen-bond acceptors (Lipinski definition) is 4.